The first-order valence-corrected chi connectivity index (χ1v) is 13.5. The van der Waals surface area contributed by atoms with Gasteiger partial charge in [0.25, 0.3) is 11.8 Å². The van der Waals surface area contributed by atoms with Crippen LogP contribution in [0.5, 0.6) is 0 Å². The average molecular weight is 521 g/mol. The number of nitrogens with zero attached hydrogens (tertiary/aromatic N) is 5. The average Bonchev–Trinajstić information content (AvgIpc) is 3.33. The Morgan fingerprint density at radius 1 is 1.05 bits per heavy atom. The molecule has 0 radical (unpaired) electrons. The summed E-state index contributed by atoms with van der Waals surface area (Å²) in [5, 5.41) is 7.06. The SMILES string of the molecule is Cc1cc(Nc2nc(N3CCC[C@@H](NC(=O)c4ccc(N5CCCCC5)cc4)C3)cnc2C(N)=O)sn1. The molecule has 4 N–H and O–H groups in total. The maximum absolute atomic E-state index is 13.0. The number of hydrogen-bond acceptors (Lipinski definition) is 9. The van der Waals surface area contributed by atoms with Crippen molar-refractivity contribution in [3.8, 4) is 0 Å². The van der Waals surface area contributed by atoms with Gasteiger partial charge in [-0.05, 0) is 80.9 Å². The molecule has 0 unspecified atom stereocenters. The van der Waals surface area contributed by atoms with E-state index in [0.29, 0.717) is 23.7 Å². The molecule has 2 aromatic heterocycles. The minimum absolute atomic E-state index is 0.0267. The molecule has 37 heavy (non-hydrogen) atoms. The summed E-state index contributed by atoms with van der Waals surface area (Å²) in [7, 11) is 0. The van der Waals surface area contributed by atoms with E-state index in [-0.39, 0.29) is 17.6 Å². The fourth-order valence-electron chi connectivity index (χ4n) is 4.89. The van der Waals surface area contributed by atoms with Crippen molar-refractivity contribution in [2.75, 3.05) is 41.3 Å². The number of hydrogen-bond donors (Lipinski definition) is 3. The fourth-order valence-corrected chi connectivity index (χ4v) is 5.55. The summed E-state index contributed by atoms with van der Waals surface area (Å²) in [6.45, 7) is 5.42. The molecule has 2 amide bonds. The molecule has 11 heteroatoms. The summed E-state index contributed by atoms with van der Waals surface area (Å²) >= 11 is 1.28. The number of aromatic nitrogens is 3. The highest BCUT2D eigenvalue weighted by Crippen LogP contribution is 2.26. The van der Waals surface area contributed by atoms with Gasteiger partial charge in [-0.1, -0.05) is 0 Å². The largest absolute Gasteiger partial charge is 0.372 e. The summed E-state index contributed by atoms with van der Waals surface area (Å²) < 4.78 is 4.25. The molecule has 4 heterocycles. The molecule has 5 rings (SSSR count). The Bertz CT molecular complexity index is 1260. The molecule has 1 atom stereocenters. The third-order valence-corrected chi connectivity index (χ3v) is 7.59. The minimum Gasteiger partial charge on any atom is -0.372 e. The number of benzene rings is 1. The van der Waals surface area contributed by atoms with Crippen molar-refractivity contribution in [1.29, 1.82) is 0 Å². The van der Waals surface area contributed by atoms with Gasteiger partial charge < -0.3 is 26.2 Å². The molecule has 2 fully saturated rings. The van der Waals surface area contributed by atoms with Gasteiger partial charge in [0.15, 0.2) is 11.5 Å². The maximum Gasteiger partial charge on any atom is 0.271 e. The van der Waals surface area contributed by atoms with Crippen molar-refractivity contribution in [2.45, 2.75) is 45.1 Å². The van der Waals surface area contributed by atoms with E-state index in [0.717, 1.165) is 43.2 Å². The molecule has 3 aromatic rings. The maximum atomic E-state index is 13.0. The second kappa shape index (κ2) is 11.1. The van der Waals surface area contributed by atoms with Crippen LogP contribution in [0.25, 0.3) is 0 Å². The van der Waals surface area contributed by atoms with E-state index in [1.165, 1.54) is 36.5 Å². The lowest BCUT2D eigenvalue weighted by Gasteiger charge is -2.34. The Morgan fingerprint density at radius 2 is 1.81 bits per heavy atom. The third kappa shape index (κ3) is 5.99. The van der Waals surface area contributed by atoms with Gasteiger partial charge in [-0.25, -0.2) is 9.97 Å². The zero-order valence-corrected chi connectivity index (χ0v) is 21.8. The van der Waals surface area contributed by atoms with Crippen LogP contribution in [-0.4, -0.2) is 58.4 Å². The van der Waals surface area contributed by atoms with Crippen molar-refractivity contribution < 1.29 is 9.59 Å². The second-order valence-corrected chi connectivity index (χ2v) is 10.4. The van der Waals surface area contributed by atoms with Gasteiger partial charge in [-0.15, -0.1) is 0 Å². The predicted octanol–water partition coefficient (Wildman–Crippen LogP) is 3.47. The van der Waals surface area contributed by atoms with Crippen LogP contribution >= 0.6 is 11.5 Å². The number of carbonyl (C=O) groups excluding carboxylic acids is 2. The van der Waals surface area contributed by atoms with E-state index >= 15 is 0 Å². The Labute approximate surface area is 220 Å². The summed E-state index contributed by atoms with van der Waals surface area (Å²) in [6, 6.07) is 9.75. The first kappa shape index (κ1) is 24.9. The normalized spacial score (nSPS) is 17.9. The number of carbonyl (C=O) groups is 2. The van der Waals surface area contributed by atoms with E-state index in [1.54, 1.807) is 6.20 Å². The van der Waals surface area contributed by atoms with Crippen LogP contribution in [0, 0.1) is 6.92 Å². The minimum atomic E-state index is -0.655. The van der Waals surface area contributed by atoms with Crippen molar-refractivity contribution in [3.05, 3.63) is 53.5 Å². The number of aryl methyl sites for hydroxylation is 1. The summed E-state index contributed by atoms with van der Waals surface area (Å²) in [5.41, 5.74) is 8.31. The fraction of sp³-hybridized carbons (Fsp3) is 0.423. The highest BCUT2D eigenvalue weighted by Gasteiger charge is 2.25. The highest BCUT2D eigenvalue weighted by atomic mass is 32.1. The number of amides is 2. The molecular weight excluding hydrogens is 488 g/mol. The summed E-state index contributed by atoms with van der Waals surface area (Å²) in [6.07, 6.45) is 7.07. The number of rotatable bonds is 7. The lowest BCUT2D eigenvalue weighted by molar-refractivity contribution is 0.0932. The Hall–Kier alpha value is -3.73. The van der Waals surface area contributed by atoms with Gasteiger partial charge >= 0.3 is 0 Å². The van der Waals surface area contributed by atoms with E-state index in [4.69, 9.17) is 5.73 Å². The van der Waals surface area contributed by atoms with E-state index in [9.17, 15) is 9.59 Å². The molecule has 194 valence electrons. The molecule has 2 saturated heterocycles. The van der Waals surface area contributed by atoms with Crippen molar-refractivity contribution >= 4 is 45.7 Å². The molecule has 2 aliphatic heterocycles. The van der Waals surface area contributed by atoms with Crippen LogP contribution in [0.3, 0.4) is 0 Å². The summed E-state index contributed by atoms with van der Waals surface area (Å²) in [5.74, 6) is 0.195. The zero-order valence-electron chi connectivity index (χ0n) is 20.9. The van der Waals surface area contributed by atoms with E-state index < -0.39 is 5.91 Å². The van der Waals surface area contributed by atoms with Gasteiger partial charge in [0.05, 0.1) is 11.9 Å². The van der Waals surface area contributed by atoms with Gasteiger partial charge in [-0.3, -0.25) is 9.59 Å². The van der Waals surface area contributed by atoms with Crippen LogP contribution in [0.1, 0.15) is 58.6 Å². The monoisotopic (exact) mass is 520 g/mol. The van der Waals surface area contributed by atoms with Crippen LogP contribution in [0.4, 0.5) is 22.3 Å². The number of piperidine rings is 2. The quantitative estimate of drug-likeness (QED) is 0.432. The van der Waals surface area contributed by atoms with Gasteiger partial charge in [-0.2, -0.15) is 4.37 Å². The van der Waals surface area contributed by atoms with Crippen molar-refractivity contribution in [1.82, 2.24) is 19.7 Å². The molecule has 2 aliphatic rings. The molecule has 0 saturated carbocycles. The van der Waals surface area contributed by atoms with Gasteiger partial charge in [0, 0.05) is 43.5 Å². The topological polar surface area (TPSA) is 129 Å². The van der Waals surface area contributed by atoms with Gasteiger partial charge in [0.1, 0.15) is 10.8 Å². The van der Waals surface area contributed by atoms with Crippen molar-refractivity contribution in [3.63, 3.8) is 0 Å². The van der Waals surface area contributed by atoms with Crippen LogP contribution in [-0.2, 0) is 0 Å². The van der Waals surface area contributed by atoms with Crippen LogP contribution in [0.2, 0.25) is 0 Å². The number of primary amides is 1. The smallest absolute Gasteiger partial charge is 0.271 e. The number of nitrogens with two attached hydrogens (primary N) is 1. The van der Waals surface area contributed by atoms with Crippen LogP contribution < -0.4 is 26.2 Å². The Kier molecular flexibility index (Phi) is 7.50. The molecule has 0 spiro atoms. The zero-order chi connectivity index (χ0) is 25.8. The van der Waals surface area contributed by atoms with Crippen molar-refractivity contribution in [2.24, 2.45) is 5.73 Å². The Balaban J connectivity index is 1.25. The summed E-state index contributed by atoms with van der Waals surface area (Å²) in [4.78, 5) is 38.3. The van der Waals surface area contributed by atoms with Crippen LogP contribution in [0.15, 0.2) is 36.5 Å². The van der Waals surface area contributed by atoms with E-state index in [1.807, 2.05) is 37.3 Å². The highest BCUT2D eigenvalue weighted by molar-refractivity contribution is 7.10. The number of anilines is 4. The molecule has 0 bridgehead atoms. The first-order valence-electron chi connectivity index (χ1n) is 12.7. The third-order valence-electron chi connectivity index (χ3n) is 6.79. The van der Waals surface area contributed by atoms with Gasteiger partial charge in [0.2, 0.25) is 0 Å². The lowest BCUT2D eigenvalue weighted by atomic mass is 10.0. The number of nitrogens with one attached hydrogen (secondary N) is 2. The van der Waals surface area contributed by atoms with E-state index in [2.05, 4.69) is 34.8 Å². The molecule has 10 nitrogen and oxygen atoms in total. The predicted molar refractivity (Wildman–Crippen MR) is 146 cm³/mol. The standard InChI is InChI=1S/C26H32N8O2S/c1-17-14-22(37-32-17)31-25-23(24(27)35)28-15-21(30-25)34-13-5-6-19(16-34)29-26(36)18-7-9-20(10-8-18)33-11-3-2-4-12-33/h7-10,14-15,19H,2-6,11-13,16H2,1H3,(H2,27,35)(H,29,36)(H,30,31)/t19-/m1/s1. The molecule has 1 aromatic carbocycles. The first-order chi connectivity index (χ1) is 18.0. The Morgan fingerprint density at radius 3 is 2.51 bits per heavy atom. The second-order valence-electron chi connectivity index (χ2n) is 9.60. The lowest BCUT2D eigenvalue weighted by Crippen LogP contribution is -2.48. The molecule has 0 aliphatic carbocycles. The molecular formula is C26H32N8O2S.